The third kappa shape index (κ3) is 4.79. The molecule has 2 heterocycles. The second-order valence-electron chi connectivity index (χ2n) is 6.54. The van der Waals surface area contributed by atoms with Gasteiger partial charge in [-0.05, 0) is 22.4 Å². The first-order valence-electron chi connectivity index (χ1n) is 9.42. The van der Waals surface area contributed by atoms with E-state index in [2.05, 4.69) is 41.1 Å². The number of rotatable bonds is 8. The zero-order valence-corrected chi connectivity index (χ0v) is 16.8. The van der Waals surface area contributed by atoms with Crippen LogP contribution in [0.25, 0.3) is 5.82 Å². The van der Waals surface area contributed by atoms with Crippen molar-refractivity contribution in [1.82, 2.24) is 30.7 Å². The van der Waals surface area contributed by atoms with Crippen molar-refractivity contribution in [3.8, 4) is 5.82 Å². The van der Waals surface area contributed by atoms with E-state index in [0.29, 0.717) is 11.3 Å². The molecule has 14 nitrogen and oxygen atoms in total. The number of hydrogen-bond acceptors (Lipinski definition) is 11. The quantitative estimate of drug-likeness (QED) is 0.202. The van der Waals surface area contributed by atoms with Crippen molar-refractivity contribution in [2.24, 2.45) is 5.10 Å². The summed E-state index contributed by atoms with van der Waals surface area (Å²) in [6.45, 7) is 0.140. The molecule has 166 valence electrons. The van der Waals surface area contributed by atoms with Crippen molar-refractivity contribution in [3.63, 3.8) is 0 Å². The minimum Gasteiger partial charge on any atom is -0.379 e. The van der Waals surface area contributed by atoms with Crippen molar-refractivity contribution < 1.29 is 14.3 Å². The maximum absolute atomic E-state index is 12.7. The highest BCUT2D eigenvalue weighted by molar-refractivity contribution is 5.94. The third-order valence-electron chi connectivity index (χ3n) is 4.37. The molecular weight excluding hydrogens is 432 g/mol. The van der Waals surface area contributed by atoms with Gasteiger partial charge in [-0.15, -0.1) is 5.10 Å². The lowest BCUT2D eigenvalue weighted by Gasteiger charge is -2.08. The lowest BCUT2D eigenvalue weighted by atomic mass is 10.2. The molecule has 2 aromatic heterocycles. The number of carbonyl (C=O) groups excluding carboxylic acids is 1. The average Bonchev–Trinajstić information content (AvgIpc) is 3.44. The molecule has 0 unspecified atom stereocenters. The first-order chi connectivity index (χ1) is 16.0. The van der Waals surface area contributed by atoms with Crippen LogP contribution in [0.4, 0.5) is 17.2 Å². The Hall–Kier alpha value is -5.14. The van der Waals surface area contributed by atoms with E-state index in [-0.39, 0.29) is 29.6 Å². The molecule has 0 bridgehead atoms. The zero-order chi connectivity index (χ0) is 23.2. The molecule has 0 aliphatic carbocycles. The number of para-hydroxylation sites is 1. The molecule has 4 aromatic rings. The first kappa shape index (κ1) is 21.1. The normalized spacial score (nSPS) is 10.9. The minimum absolute atomic E-state index is 0.0310. The van der Waals surface area contributed by atoms with Crippen LogP contribution in [0.5, 0.6) is 0 Å². The molecule has 0 saturated heterocycles. The van der Waals surface area contributed by atoms with E-state index >= 15 is 0 Å². The lowest BCUT2D eigenvalue weighted by Crippen LogP contribution is -2.21. The van der Waals surface area contributed by atoms with Gasteiger partial charge in [-0.25, -0.2) is 10.1 Å². The number of non-ortho nitro benzene ring substituents is 1. The summed E-state index contributed by atoms with van der Waals surface area (Å²) in [5, 5.41) is 33.0. The molecule has 14 heteroatoms. The standard InChI is InChI=1S/C19H16N10O4/c20-17-18(26-33-25-17)28-15(11-21-13-6-2-1-3-7-13)16(23-27-28)19(30)24-22-10-12-5-4-8-14(9-12)29(31)32/h1-10,21H,11H2,(H2,20,25)(H,24,30). The number of nitrogens with one attached hydrogen (secondary N) is 2. The number of nitro benzene ring substituents is 1. The molecule has 2 aromatic carbocycles. The van der Waals surface area contributed by atoms with Crippen LogP contribution in [-0.2, 0) is 6.54 Å². The highest BCUT2D eigenvalue weighted by Crippen LogP contribution is 2.17. The number of nitrogens with zero attached hydrogens (tertiary/aromatic N) is 7. The predicted molar refractivity (Wildman–Crippen MR) is 116 cm³/mol. The smallest absolute Gasteiger partial charge is 0.293 e. The van der Waals surface area contributed by atoms with Crippen molar-refractivity contribution in [2.75, 3.05) is 11.1 Å². The second kappa shape index (κ2) is 9.34. The summed E-state index contributed by atoms with van der Waals surface area (Å²) < 4.78 is 5.86. The van der Waals surface area contributed by atoms with Gasteiger partial charge < -0.3 is 11.1 Å². The highest BCUT2D eigenvalue weighted by Gasteiger charge is 2.23. The van der Waals surface area contributed by atoms with Crippen LogP contribution in [0.2, 0.25) is 0 Å². The van der Waals surface area contributed by atoms with Crippen LogP contribution in [0, 0.1) is 10.1 Å². The van der Waals surface area contributed by atoms with Gasteiger partial charge >= 0.3 is 0 Å². The number of benzene rings is 2. The SMILES string of the molecule is Nc1nonc1-n1nnc(C(=O)NN=Cc2cccc([N+](=O)[O-])c2)c1CNc1ccccc1. The maximum atomic E-state index is 12.7. The van der Waals surface area contributed by atoms with E-state index in [1.807, 2.05) is 30.3 Å². The van der Waals surface area contributed by atoms with E-state index in [0.717, 1.165) is 5.69 Å². The number of carbonyl (C=O) groups is 1. The molecule has 0 spiro atoms. The average molecular weight is 448 g/mol. The number of nitrogen functional groups attached to an aromatic ring is 1. The summed E-state index contributed by atoms with van der Waals surface area (Å²) in [6.07, 6.45) is 1.27. The van der Waals surface area contributed by atoms with E-state index < -0.39 is 10.8 Å². The zero-order valence-electron chi connectivity index (χ0n) is 16.8. The number of anilines is 2. The van der Waals surface area contributed by atoms with E-state index in [9.17, 15) is 14.9 Å². The third-order valence-corrected chi connectivity index (χ3v) is 4.37. The second-order valence-corrected chi connectivity index (χ2v) is 6.54. The van der Waals surface area contributed by atoms with Gasteiger partial charge in [0.1, 0.15) is 0 Å². The first-order valence-corrected chi connectivity index (χ1v) is 9.42. The Labute approximate surface area is 185 Å². The maximum Gasteiger partial charge on any atom is 0.293 e. The molecule has 0 radical (unpaired) electrons. The van der Waals surface area contributed by atoms with Gasteiger partial charge in [0.2, 0.25) is 11.6 Å². The van der Waals surface area contributed by atoms with Crippen molar-refractivity contribution in [3.05, 3.63) is 81.7 Å². The fourth-order valence-electron chi connectivity index (χ4n) is 2.82. The van der Waals surface area contributed by atoms with Crippen molar-refractivity contribution >= 4 is 29.3 Å². The fraction of sp³-hybridized carbons (Fsp3) is 0.0526. The Balaban J connectivity index is 1.56. The Morgan fingerprint density at radius 2 is 2.03 bits per heavy atom. The van der Waals surface area contributed by atoms with Gasteiger partial charge in [-0.2, -0.15) is 9.78 Å². The van der Waals surface area contributed by atoms with Gasteiger partial charge in [0.25, 0.3) is 11.6 Å². The number of amides is 1. The molecule has 0 fully saturated rings. The number of aromatic nitrogens is 5. The molecule has 0 aliphatic heterocycles. The van der Waals surface area contributed by atoms with Gasteiger partial charge in [-0.3, -0.25) is 14.9 Å². The summed E-state index contributed by atoms with van der Waals surface area (Å²) in [5.41, 5.74) is 9.51. The van der Waals surface area contributed by atoms with Gasteiger partial charge in [-0.1, -0.05) is 35.5 Å². The molecule has 4 rings (SSSR count). The van der Waals surface area contributed by atoms with Crippen LogP contribution >= 0.6 is 0 Å². The molecule has 33 heavy (non-hydrogen) atoms. The fourth-order valence-corrected chi connectivity index (χ4v) is 2.82. The van der Waals surface area contributed by atoms with Crippen LogP contribution in [0.1, 0.15) is 21.7 Å². The van der Waals surface area contributed by atoms with E-state index in [1.165, 1.54) is 29.1 Å². The summed E-state index contributed by atoms with van der Waals surface area (Å²) in [5.74, 6) is -0.620. The Morgan fingerprint density at radius 3 is 2.76 bits per heavy atom. The lowest BCUT2D eigenvalue weighted by molar-refractivity contribution is -0.384. The summed E-state index contributed by atoms with van der Waals surface area (Å²) in [4.78, 5) is 23.1. The molecule has 1 amide bonds. The monoisotopic (exact) mass is 448 g/mol. The van der Waals surface area contributed by atoms with Gasteiger partial charge in [0.05, 0.1) is 23.4 Å². The van der Waals surface area contributed by atoms with Crippen LogP contribution in [0.15, 0.2) is 64.3 Å². The van der Waals surface area contributed by atoms with Crippen molar-refractivity contribution in [2.45, 2.75) is 6.54 Å². The Morgan fingerprint density at radius 1 is 1.21 bits per heavy atom. The van der Waals surface area contributed by atoms with Crippen LogP contribution < -0.4 is 16.5 Å². The minimum atomic E-state index is -0.664. The molecule has 0 atom stereocenters. The Bertz CT molecular complexity index is 1320. The van der Waals surface area contributed by atoms with E-state index in [1.54, 1.807) is 6.07 Å². The van der Waals surface area contributed by atoms with Crippen LogP contribution in [-0.4, -0.2) is 42.4 Å². The number of nitro groups is 1. The topological polar surface area (TPSA) is 192 Å². The summed E-state index contributed by atoms with van der Waals surface area (Å²) >= 11 is 0. The van der Waals surface area contributed by atoms with Gasteiger partial charge in [0, 0.05) is 23.4 Å². The molecular formula is C19H16N10O4. The number of nitrogens with two attached hydrogens (primary N) is 1. The summed E-state index contributed by atoms with van der Waals surface area (Å²) in [6, 6.07) is 15.1. The highest BCUT2D eigenvalue weighted by atomic mass is 16.6. The van der Waals surface area contributed by atoms with Crippen molar-refractivity contribution in [1.29, 1.82) is 0 Å². The molecule has 0 aliphatic rings. The Kier molecular flexibility index (Phi) is 5.97. The van der Waals surface area contributed by atoms with E-state index in [4.69, 9.17) is 5.73 Å². The van der Waals surface area contributed by atoms with Gasteiger partial charge in [0.15, 0.2) is 5.69 Å². The van der Waals surface area contributed by atoms with Crippen LogP contribution in [0.3, 0.4) is 0 Å². The molecule has 0 saturated carbocycles. The number of hydrogen-bond donors (Lipinski definition) is 3. The molecule has 4 N–H and O–H groups in total. The predicted octanol–water partition coefficient (Wildman–Crippen LogP) is 1.52. The largest absolute Gasteiger partial charge is 0.379 e. The summed E-state index contributed by atoms with van der Waals surface area (Å²) in [7, 11) is 0. The number of hydrazone groups is 1.